The quantitative estimate of drug-likeness (QED) is 0.660. The van der Waals surface area contributed by atoms with Crippen LogP contribution in [0, 0.1) is 11.3 Å². The Morgan fingerprint density at radius 1 is 1.25 bits per heavy atom. The summed E-state index contributed by atoms with van der Waals surface area (Å²) in [5.41, 5.74) is 0. The van der Waals surface area contributed by atoms with Crippen LogP contribution in [-0.4, -0.2) is 55.9 Å². The molecule has 2 aliphatic heterocycles. The Labute approximate surface area is 95.6 Å². The van der Waals surface area contributed by atoms with Gasteiger partial charge in [-0.05, 0) is 12.8 Å². The van der Waals surface area contributed by atoms with Crippen molar-refractivity contribution in [3.8, 4) is 6.07 Å². The van der Waals surface area contributed by atoms with Crippen molar-refractivity contribution in [1.82, 2.24) is 8.61 Å². The largest absolute Gasteiger partial charge is 0.379 e. The maximum absolute atomic E-state index is 12.2. The summed E-state index contributed by atoms with van der Waals surface area (Å²) >= 11 is 0. The molecule has 0 spiro atoms. The standard InChI is InChI=1S/C9H15N3O3S/c10-8-9-2-1-3-12(9)16(13,14)11-4-6-15-7-5-11/h9H,1-7H2. The smallest absolute Gasteiger partial charge is 0.283 e. The Morgan fingerprint density at radius 2 is 1.94 bits per heavy atom. The lowest BCUT2D eigenvalue weighted by molar-refractivity contribution is 0.0702. The summed E-state index contributed by atoms with van der Waals surface area (Å²) in [5, 5.41) is 8.90. The van der Waals surface area contributed by atoms with Crippen molar-refractivity contribution in [3.05, 3.63) is 0 Å². The monoisotopic (exact) mass is 245 g/mol. The van der Waals surface area contributed by atoms with Gasteiger partial charge in [-0.25, -0.2) is 0 Å². The van der Waals surface area contributed by atoms with Gasteiger partial charge in [-0.3, -0.25) is 0 Å². The molecule has 0 aromatic rings. The lowest BCUT2D eigenvalue weighted by atomic mass is 10.2. The van der Waals surface area contributed by atoms with Crippen molar-refractivity contribution in [2.45, 2.75) is 18.9 Å². The fourth-order valence-corrected chi connectivity index (χ4v) is 3.81. The molecule has 2 heterocycles. The minimum Gasteiger partial charge on any atom is -0.379 e. The minimum absolute atomic E-state index is 0.386. The maximum atomic E-state index is 12.2. The van der Waals surface area contributed by atoms with Gasteiger partial charge < -0.3 is 4.74 Å². The normalized spacial score (nSPS) is 29.1. The van der Waals surface area contributed by atoms with E-state index in [9.17, 15) is 8.42 Å². The van der Waals surface area contributed by atoms with Gasteiger partial charge in [0.1, 0.15) is 6.04 Å². The highest BCUT2D eigenvalue weighted by Gasteiger charge is 2.38. The van der Waals surface area contributed by atoms with E-state index in [0.717, 1.165) is 6.42 Å². The predicted molar refractivity (Wildman–Crippen MR) is 56.7 cm³/mol. The zero-order valence-electron chi connectivity index (χ0n) is 9.00. The van der Waals surface area contributed by atoms with Crippen molar-refractivity contribution in [2.24, 2.45) is 0 Å². The number of morpholine rings is 1. The van der Waals surface area contributed by atoms with Crippen LogP contribution in [0.1, 0.15) is 12.8 Å². The Bertz CT molecular complexity index is 383. The first-order chi connectivity index (χ1) is 7.66. The summed E-state index contributed by atoms with van der Waals surface area (Å²) in [7, 11) is -3.46. The molecule has 0 amide bonds. The summed E-state index contributed by atoms with van der Waals surface area (Å²) in [6.45, 7) is 2.10. The van der Waals surface area contributed by atoms with Gasteiger partial charge >= 0.3 is 0 Å². The van der Waals surface area contributed by atoms with Gasteiger partial charge in [0.25, 0.3) is 10.2 Å². The van der Waals surface area contributed by atoms with Gasteiger partial charge in [0.15, 0.2) is 0 Å². The van der Waals surface area contributed by atoms with Crippen LogP contribution in [-0.2, 0) is 14.9 Å². The molecular weight excluding hydrogens is 230 g/mol. The highest BCUT2D eigenvalue weighted by molar-refractivity contribution is 7.86. The van der Waals surface area contributed by atoms with Crippen LogP contribution in [0.3, 0.4) is 0 Å². The third-order valence-electron chi connectivity index (χ3n) is 2.95. The van der Waals surface area contributed by atoms with E-state index in [1.165, 1.54) is 8.61 Å². The molecule has 2 fully saturated rings. The van der Waals surface area contributed by atoms with E-state index >= 15 is 0 Å². The molecule has 0 radical (unpaired) electrons. The molecule has 0 N–H and O–H groups in total. The van der Waals surface area contributed by atoms with Crippen molar-refractivity contribution in [1.29, 1.82) is 5.26 Å². The Morgan fingerprint density at radius 3 is 2.56 bits per heavy atom. The number of hydrogen-bond acceptors (Lipinski definition) is 4. The van der Waals surface area contributed by atoms with Crippen LogP contribution in [0.25, 0.3) is 0 Å². The van der Waals surface area contributed by atoms with E-state index in [4.69, 9.17) is 10.00 Å². The molecular formula is C9H15N3O3S. The second-order valence-corrected chi connectivity index (χ2v) is 5.80. The number of hydrogen-bond donors (Lipinski definition) is 0. The van der Waals surface area contributed by atoms with Crippen LogP contribution in [0.2, 0.25) is 0 Å². The van der Waals surface area contributed by atoms with Crippen LogP contribution in [0.5, 0.6) is 0 Å². The minimum atomic E-state index is -3.46. The van der Waals surface area contributed by atoms with Crippen LogP contribution in [0.15, 0.2) is 0 Å². The first-order valence-corrected chi connectivity index (χ1v) is 6.80. The van der Waals surface area contributed by atoms with E-state index in [1.54, 1.807) is 0 Å². The molecule has 0 saturated carbocycles. The number of ether oxygens (including phenoxy) is 1. The fourth-order valence-electron chi connectivity index (χ4n) is 2.07. The van der Waals surface area contributed by atoms with Gasteiger partial charge in [-0.15, -0.1) is 0 Å². The van der Waals surface area contributed by atoms with Gasteiger partial charge in [0.05, 0.1) is 19.3 Å². The topological polar surface area (TPSA) is 73.6 Å². The number of nitrogens with zero attached hydrogens (tertiary/aromatic N) is 3. The van der Waals surface area contributed by atoms with Crippen molar-refractivity contribution in [2.75, 3.05) is 32.8 Å². The molecule has 2 rings (SSSR count). The van der Waals surface area contributed by atoms with E-state index < -0.39 is 16.3 Å². The van der Waals surface area contributed by atoms with Crippen LogP contribution >= 0.6 is 0 Å². The zero-order chi connectivity index (χ0) is 11.6. The van der Waals surface area contributed by atoms with E-state index in [0.29, 0.717) is 39.3 Å². The molecule has 7 heteroatoms. The number of nitriles is 1. The van der Waals surface area contributed by atoms with E-state index in [-0.39, 0.29) is 0 Å². The average Bonchev–Trinajstić information content (AvgIpc) is 2.79. The van der Waals surface area contributed by atoms with Crippen molar-refractivity contribution >= 4 is 10.2 Å². The van der Waals surface area contributed by atoms with Gasteiger partial charge in [-0.1, -0.05) is 0 Å². The second-order valence-electron chi connectivity index (χ2n) is 3.92. The summed E-state index contributed by atoms with van der Waals surface area (Å²) in [4.78, 5) is 0. The molecule has 1 atom stereocenters. The SMILES string of the molecule is N#CC1CCCN1S(=O)(=O)N1CCOCC1. The van der Waals surface area contributed by atoms with Gasteiger partial charge in [0, 0.05) is 19.6 Å². The average molecular weight is 245 g/mol. The predicted octanol–water partition coefficient (Wildman–Crippen LogP) is -0.449. The molecule has 0 bridgehead atoms. The molecule has 6 nitrogen and oxygen atoms in total. The van der Waals surface area contributed by atoms with E-state index in [1.807, 2.05) is 6.07 Å². The Hall–Kier alpha value is -0.680. The Kier molecular flexibility index (Phi) is 3.44. The molecule has 90 valence electrons. The highest BCUT2D eigenvalue weighted by Crippen LogP contribution is 2.23. The third-order valence-corrected chi connectivity index (χ3v) is 4.99. The lowest BCUT2D eigenvalue weighted by Gasteiger charge is -2.31. The third kappa shape index (κ3) is 2.06. The van der Waals surface area contributed by atoms with Gasteiger partial charge in [0.2, 0.25) is 0 Å². The zero-order valence-corrected chi connectivity index (χ0v) is 9.82. The van der Waals surface area contributed by atoms with E-state index in [2.05, 4.69) is 0 Å². The van der Waals surface area contributed by atoms with Gasteiger partial charge in [-0.2, -0.15) is 22.3 Å². The summed E-state index contributed by atoms with van der Waals surface area (Å²) in [5.74, 6) is 0. The molecule has 0 aromatic heterocycles. The molecule has 16 heavy (non-hydrogen) atoms. The molecule has 2 aliphatic rings. The van der Waals surface area contributed by atoms with Crippen LogP contribution < -0.4 is 0 Å². The highest BCUT2D eigenvalue weighted by atomic mass is 32.2. The lowest BCUT2D eigenvalue weighted by Crippen LogP contribution is -2.49. The Balaban J connectivity index is 2.14. The number of rotatable bonds is 2. The fraction of sp³-hybridized carbons (Fsp3) is 0.889. The molecule has 2 saturated heterocycles. The van der Waals surface area contributed by atoms with Crippen molar-refractivity contribution < 1.29 is 13.2 Å². The van der Waals surface area contributed by atoms with Crippen LogP contribution in [0.4, 0.5) is 0 Å². The molecule has 0 aromatic carbocycles. The maximum Gasteiger partial charge on any atom is 0.283 e. The molecule has 1 unspecified atom stereocenters. The second kappa shape index (κ2) is 4.67. The summed E-state index contributed by atoms with van der Waals surface area (Å²) in [6, 6.07) is 1.56. The molecule has 0 aliphatic carbocycles. The summed E-state index contributed by atoms with van der Waals surface area (Å²) < 4.78 is 32.3. The van der Waals surface area contributed by atoms with Crippen molar-refractivity contribution in [3.63, 3.8) is 0 Å². The first-order valence-electron chi connectivity index (χ1n) is 5.40. The first kappa shape index (κ1) is 11.8. The summed E-state index contributed by atoms with van der Waals surface area (Å²) in [6.07, 6.45) is 1.40.